The lowest BCUT2D eigenvalue weighted by Gasteiger charge is -2.31. The van der Waals surface area contributed by atoms with E-state index in [1.807, 2.05) is 0 Å². The Morgan fingerprint density at radius 2 is 1.71 bits per heavy atom. The Balaban J connectivity index is 2.72. The first-order valence-corrected chi connectivity index (χ1v) is 7.13. The molecule has 0 aromatic rings. The van der Waals surface area contributed by atoms with Gasteiger partial charge in [-0.1, -0.05) is 33.1 Å². The first kappa shape index (κ1) is 14.5. The predicted molar refractivity (Wildman–Crippen MR) is 72.8 cm³/mol. The van der Waals surface area contributed by atoms with Gasteiger partial charge in [-0.25, -0.2) is 0 Å². The molecule has 1 amide bonds. The van der Waals surface area contributed by atoms with E-state index < -0.39 is 0 Å². The van der Waals surface area contributed by atoms with Crippen molar-refractivity contribution in [2.75, 3.05) is 0 Å². The largest absolute Gasteiger partial charge is 0.351 e. The molecule has 0 aromatic carbocycles. The van der Waals surface area contributed by atoms with Crippen LogP contribution in [0.25, 0.3) is 0 Å². The van der Waals surface area contributed by atoms with Gasteiger partial charge < -0.3 is 5.32 Å². The average Bonchev–Trinajstić information content (AvgIpc) is 2.39. The van der Waals surface area contributed by atoms with E-state index in [4.69, 9.17) is 0 Å². The summed E-state index contributed by atoms with van der Waals surface area (Å²) < 4.78 is 0. The van der Waals surface area contributed by atoms with Gasteiger partial charge in [0.15, 0.2) is 0 Å². The van der Waals surface area contributed by atoms with Crippen molar-refractivity contribution in [3.05, 3.63) is 0 Å². The number of amides is 1. The van der Waals surface area contributed by atoms with Crippen molar-refractivity contribution < 1.29 is 4.79 Å². The fourth-order valence-corrected chi connectivity index (χ4v) is 2.92. The van der Waals surface area contributed by atoms with E-state index in [9.17, 15) is 4.79 Å². The number of hydrogen-bond acceptors (Lipinski definition) is 1. The zero-order valence-electron chi connectivity index (χ0n) is 12.2. The highest BCUT2D eigenvalue weighted by Gasteiger charge is 2.32. The van der Waals surface area contributed by atoms with Crippen molar-refractivity contribution in [1.29, 1.82) is 0 Å². The summed E-state index contributed by atoms with van der Waals surface area (Å²) in [6.07, 6.45) is 6.10. The van der Waals surface area contributed by atoms with Crippen LogP contribution in [-0.2, 0) is 4.79 Å². The molecule has 1 aliphatic rings. The van der Waals surface area contributed by atoms with Gasteiger partial charge in [-0.3, -0.25) is 4.79 Å². The van der Waals surface area contributed by atoms with E-state index in [-0.39, 0.29) is 17.4 Å². The summed E-state index contributed by atoms with van der Waals surface area (Å²) in [7, 11) is 0. The van der Waals surface area contributed by atoms with Gasteiger partial charge in [-0.05, 0) is 45.4 Å². The van der Waals surface area contributed by atoms with Gasteiger partial charge in [-0.15, -0.1) is 0 Å². The minimum absolute atomic E-state index is 0.106. The van der Waals surface area contributed by atoms with Crippen molar-refractivity contribution in [2.24, 2.45) is 17.8 Å². The Kier molecular flexibility index (Phi) is 5.03. The van der Waals surface area contributed by atoms with E-state index in [1.54, 1.807) is 0 Å². The minimum Gasteiger partial charge on any atom is -0.351 e. The van der Waals surface area contributed by atoms with Crippen LogP contribution in [0.15, 0.2) is 0 Å². The standard InChI is InChI=1S/C15H29NO/c1-11(2)12-9-7-6-8-10-13(12)14(17)16-15(3,4)5/h11-13H,6-10H2,1-5H3,(H,16,17). The predicted octanol–water partition coefficient (Wildman–Crippen LogP) is 3.75. The van der Waals surface area contributed by atoms with Crippen LogP contribution in [0.1, 0.15) is 66.7 Å². The van der Waals surface area contributed by atoms with Gasteiger partial charge >= 0.3 is 0 Å². The van der Waals surface area contributed by atoms with E-state index in [1.165, 1.54) is 25.7 Å². The van der Waals surface area contributed by atoms with Crippen molar-refractivity contribution in [1.82, 2.24) is 5.32 Å². The summed E-state index contributed by atoms with van der Waals surface area (Å²) in [5.74, 6) is 1.69. The highest BCUT2D eigenvalue weighted by molar-refractivity contribution is 5.79. The first-order valence-electron chi connectivity index (χ1n) is 7.13. The molecule has 0 heterocycles. The fraction of sp³-hybridized carbons (Fsp3) is 0.933. The lowest BCUT2D eigenvalue weighted by Crippen LogP contribution is -2.46. The molecule has 1 rings (SSSR count). The topological polar surface area (TPSA) is 29.1 Å². The summed E-state index contributed by atoms with van der Waals surface area (Å²) in [4.78, 5) is 12.4. The van der Waals surface area contributed by atoms with E-state index >= 15 is 0 Å². The number of carbonyl (C=O) groups is 1. The molecule has 0 aromatic heterocycles. The van der Waals surface area contributed by atoms with Crippen molar-refractivity contribution in [3.8, 4) is 0 Å². The molecule has 0 saturated heterocycles. The first-order chi connectivity index (χ1) is 7.81. The van der Waals surface area contributed by atoms with E-state index in [0.29, 0.717) is 11.8 Å². The van der Waals surface area contributed by atoms with Crippen LogP contribution in [0, 0.1) is 17.8 Å². The maximum atomic E-state index is 12.4. The lowest BCUT2D eigenvalue weighted by atomic mass is 9.79. The molecule has 2 unspecified atom stereocenters. The molecule has 2 atom stereocenters. The summed E-state index contributed by atoms with van der Waals surface area (Å²) in [5.41, 5.74) is -0.106. The van der Waals surface area contributed by atoms with Crippen LogP contribution in [-0.4, -0.2) is 11.4 Å². The van der Waals surface area contributed by atoms with Crippen molar-refractivity contribution >= 4 is 5.91 Å². The Morgan fingerprint density at radius 3 is 2.24 bits per heavy atom. The van der Waals surface area contributed by atoms with Crippen LogP contribution >= 0.6 is 0 Å². The van der Waals surface area contributed by atoms with Gasteiger partial charge in [0.1, 0.15) is 0 Å². The second-order valence-corrected chi connectivity index (χ2v) is 6.89. The quantitative estimate of drug-likeness (QED) is 0.730. The van der Waals surface area contributed by atoms with Crippen LogP contribution < -0.4 is 5.32 Å². The Labute approximate surface area is 107 Å². The zero-order chi connectivity index (χ0) is 13.1. The number of rotatable bonds is 2. The van der Waals surface area contributed by atoms with Crippen LogP contribution in [0.4, 0.5) is 0 Å². The second-order valence-electron chi connectivity index (χ2n) is 6.89. The van der Waals surface area contributed by atoms with Gasteiger partial charge in [0.2, 0.25) is 5.91 Å². The normalized spacial score (nSPS) is 26.7. The Morgan fingerprint density at radius 1 is 1.12 bits per heavy atom. The molecule has 2 nitrogen and oxygen atoms in total. The fourth-order valence-electron chi connectivity index (χ4n) is 2.92. The molecule has 2 heteroatoms. The van der Waals surface area contributed by atoms with E-state index in [0.717, 1.165) is 6.42 Å². The minimum atomic E-state index is -0.106. The summed E-state index contributed by atoms with van der Waals surface area (Å²) >= 11 is 0. The molecule has 100 valence electrons. The second kappa shape index (κ2) is 5.88. The number of carbonyl (C=O) groups excluding carboxylic acids is 1. The smallest absolute Gasteiger partial charge is 0.223 e. The van der Waals surface area contributed by atoms with Gasteiger partial charge in [0, 0.05) is 11.5 Å². The van der Waals surface area contributed by atoms with E-state index in [2.05, 4.69) is 39.9 Å². The summed E-state index contributed by atoms with van der Waals surface area (Å²) in [6, 6.07) is 0. The SMILES string of the molecule is CC(C)C1CCCCCC1C(=O)NC(C)(C)C. The molecule has 1 aliphatic carbocycles. The molecule has 1 saturated carbocycles. The monoisotopic (exact) mass is 239 g/mol. The van der Waals surface area contributed by atoms with Gasteiger partial charge in [0.25, 0.3) is 0 Å². The highest BCUT2D eigenvalue weighted by Crippen LogP contribution is 2.34. The van der Waals surface area contributed by atoms with Crippen LogP contribution in [0.3, 0.4) is 0 Å². The molecule has 0 spiro atoms. The van der Waals surface area contributed by atoms with Crippen molar-refractivity contribution in [2.45, 2.75) is 72.3 Å². The van der Waals surface area contributed by atoms with Crippen LogP contribution in [0.2, 0.25) is 0 Å². The molecule has 1 N–H and O–H groups in total. The number of nitrogens with one attached hydrogen (secondary N) is 1. The third-order valence-corrected chi connectivity index (χ3v) is 3.76. The van der Waals surface area contributed by atoms with Gasteiger partial charge in [0.05, 0.1) is 0 Å². The molecule has 17 heavy (non-hydrogen) atoms. The molecule has 1 fully saturated rings. The molecule has 0 bridgehead atoms. The highest BCUT2D eigenvalue weighted by atomic mass is 16.2. The van der Waals surface area contributed by atoms with Crippen molar-refractivity contribution in [3.63, 3.8) is 0 Å². The Bertz CT molecular complexity index is 252. The Hall–Kier alpha value is -0.530. The molecular weight excluding hydrogens is 210 g/mol. The third-order valence-electron chi connectivity index (χ3n) is 3.76. The maximum absolute atomic E-state index is 12.4. The lowest BCUT2D eigenvalue weighted by molar-refractivity contribution is -0.129. The van der Waals surface area contributed by atoms with Gasteiger partial charge in [-0.2, -0.15) is 0 Å². The third kappa shape index (κ3) is 4.69. The molecule has 0 aliphatic heterocycles. The maximum Gasteiger partial charge on any atom is 0.223 e. The number of hydrogen-bond donors (Lipinski definition) is 1. The van der Waals surface area contributed by atoms with Crippen LogP contribution in [0.5, 0.6) is 0 Å². The molecule has 0 radical (unpaired) electrons. The summed E-state index contributed by atoms with van der Waals surface area (Å²) in [6.45, 7) is 10.7. The summed E-state index contributed by atoms with van der Waals surface area (Å²) in [5, 5.41) is 3.16. The average molecular weight is 239 g/mol. The molecular formula is C15H29NO. The zero-order valence-corrected chi connectivity index (χ0v) is 12.2.